The Kier molecular flexibility index (Phi) is 4.05. The minimum absolute atomic E-state index is 0.145. The molecule has 0 bridgehead atoms. The van der Waals surface area contributed by atoms with Crippen molar-refractivity contribution in [1.29, 1.82) is 0 Å². The zero-order chi connectivity index (χ0) is 12.3. The van der Waals surface area contributed by atoms with Crippen molar-refractivity contribution in [2.24, 2.45) is 0 Å². The Bertz CT molecular complexity index is 271. The van der Waals surface area contributed by atoms with Gasteiger partial charge in [0.1, 0.15) is 0 Å². The smallest absolute Gasteiger partial charge is 0.236 e. The number of rotatable bonds is 5. The largest absolute Gasteiger partial charge is 0.389 e. The number of amides is 1. The van der Waals surface area contributed by atoms with Gasteiger partial charge in [-0.15, -0.1) is 0 Å². The van der Waals surface area contributed by atoms with E-state index in [4.69, 9.17) is 0 Å². The monoisotopic (exact) mass is 240 g/mol. The zero-order valence-electron chi connectivity index (χ0n) is 10.7. The number of aliphatic hydroxyl groups is 1. The number of carbonyl (C=O) groups excluding carboxylic acids is 1. The summed E-state index contributed by atoms with van der Waals surface area (Å²) in [6.07, 6.45) is 7.46. The molecule has 2 aliphatic rings. The van der Waals surface area contributed by atoms with Gasteiger partial charge in [0, 0.05) is 19.6 Å². The number of likely N-dealkylation sites (N-methyl/N-ethyl adjacent to an activating group) is 1. The highest BCUT2D eigenvalue weighted by Gasteiger charge is 2.31. The van der Waals surface area contributed by atoms with Crippen LogP contribution < -0.4 is 5.32 Å². The Morgan fingerprint density at radius 3 is 2.59 bits per heavy atom. The van der Waals surface area contributed by atoms with Gasteiger partial charge in [0.25, 0.3) is 0 Å². The van der Waals surface area contributed by atoms with Crippen LogP contribution in [0.5, 0.6) is 0 Å². The first-order chi connectivity index (χ1) is 8.11. The van der Waals surface area contributed by atoms with Crippen LogP contribution in [-0.4, -0.2) is 47.7 Å². The number of nitrogens with one attached hydrogen (secondary N) is 1. The van der Waals surface area contributed by atoms with Gasteiger partial charge in [-0.2, -0.15) is 0 Å². The van der Waals surface area contributed by atoms with E-state index in [1.54, 1.807) is 0 Å². The first-order valence-corrected chi connectivity index (χ1v) is 6.79. The average molecular weight is 240 g/mol. The van der Waals surface area contributed by atoms with Gasteiger partial charge in [0.2, 0.25) is 5.91 Å². The average Bonchev–Trinajstić information content (AvgIpc) is 3.12. The van der Waals surface area contributed by atoms with Crippen molar-refractivity contribution >= 4 is 5.91 Å². The molecule has 0 spiro atoms. The quantitative estimate of drug-likeness (QED) is 0.750. The van der Waals surface area contributed by atoms with Gasteiger partial charge in [0.05, 0.1) is 12.1 Å². The molecule has 2 N–H and O–H groups in total. The predicted molar refractivity (Wildman–Crippen MR) is 66.7 cm³/mol. The molecule has 2 rings (SSSR count). The van der Waals surface area contributed by atoms with E-state index in [9.17, 15) is 9.90 Å². The third kappa shape index (κ3) is 3.68. The molecule has 2 aliphatic carbocycles. The van der Waals surface area contributed by atoms with Crippen molar-refractivity contribution in [3.05, 3.63) is 0 Å². The van der Waals surface area contributed by atoms with Crippen LogP contribution in [0.4, 0.5) is 0 Å². The van der Waals surface area contributed by atoms with Crippen molar-refractivity contribution < 1.29 is 9.90 Å². The normalized spacial score (nSPS) is 23.4. The van der Waals surface area contributed by atoms with E-state index in [0.29, 0.717) is 19.1 Å². The van der Waals surface area contributed by atoms with Crippen LogP contribution >= 0.6 is 0 Å². The van der Waals surface area contributed by atoms with E-state index >= 15 is 0 Å². The van der Waals surface area contributed by atoms with Gasteiger partial charge in [0.15, 0.2) is 0 Å². The molecule has 4 heteroatoms. The molecule has 98 valence electrons. The third-order valence-corrected chi connectivity index (χ3v) is 4.00. The predicted octanol–water partition coefficient (Wildman–Crippen LogP) is 0.892. The summed E-state index contributed by atoms with van der Waals surface area (Å²) in [6, 6.07) is 0.474. The Balaban J connectivity index is 1.65. The van der Waals surface area contributed by atoms with Crippen molar-refractivity contribution in [2.45, 2.75) is 56.6 Å². The maximum Gasteiger partial charge on any atom is 0.236 e. The SMILES string of the molecule is CN(C(=O)CNCC1(O)CCCCC1)C1CC1. The molecule has 0 radical (unpaired) electrons. The maximum absolute atomic E-state index is 11.8. The van der Waals surface area contributed by atoms with Crippen LogP contribution in [0.3, 0.4) is 0 Å². The van der Waals surface area contributed by atoms with Crippen LogP contribution in [0, 0.1) is 0 Å². The second-order valence-corrected chi connectivity index (χ2v) is 5.62. The minimum atomic E-state index is -0.573. The van der Waals surface area contributed by atoms with Crippen LogP contribution in [0.1, 0.15) is 44.9 Å². The molecule has 0 aromatic heterocycles. The fourth-order valence-corrected chi connectivity index (χ4v) is 2.58. The zero-order valence-corrected chi connectivity index (χ0v) is 10.7. The second kappa shape index (κ2) is 5.36. The summed E-state index contributed by atoms with van der Waals surface area (Å²) in [5.74, 6) is 0.145. The summed E-state index contributed by atoms with van der Waals surface area (Å²) in [4.78, 5) is 13.6. The minimum Gasteiger partial charge on any atom is -0.389 e. The Labute approximate surface area is 103 Å². The van der Waals surface area contributed by atoms with E-state index < -0.39 is 5.60 Å². The van der Waals surface area contributed by atoms with E-state index in [1.807, 2.05) is 11.9 Å². The van der Waals surface area contributed by atoms with Crippen LogP contribution in [0.2, 0.25) is 0 Å². The molecule has 0 unspecified atom stereocenters. The highest BCUT2D eigenvalue weighted by Crippen LogP contribution is 2.27. The molecule has 1 amide bonds. The summed E-state index contributed by atoms with van der Waals surface area (Å²) in [5, 5.41) is 13.4. The molecule has 2 fully saturated rings. The van der Waals surface area contributed by atoms with Crippen molar-refractivity contribution in [2.75, 3.05) is 20.1 Å². The summed E-state index contributed by atoms with van der Waals surface area (Å²) in [6.45, 7) is 0.909. The van der Waals surface area contributed by atoms with Crippen LogP contribution in [-0.2, 0) is 4.79 Å². The molecule has 0 aromatic rings. The molecule has 0 aromatic carbocycles. The fraction of sp³-hybridized carbons (Fsp3) is 0.923. The lowest BCUT2D eigenvalue weighted by Crippen LogP contribution is -2.45. The van der Waals surface area contributed by atoms with E-state index in [1.165, 1.54) is 6.42 Å². The summed E-state index contributed by atoms with van der Waals surface area (Å²) in [5.41, 5.74) is -0.573. The van der Waals surface area contributed by atoms with Gasteiger partial charge < -0.3 is 15.3 Å². The number of carbonyl (C=O) groups is 1. The van der Waals surface area contributed by atoms with Gasteiger partial charge in [-0.1, -0.05) is 19.3 Å². The van der Waals surface area contributed by atoms with Crippen LogP contribution in [0.15, 0.2) is 0 Å². The first-order valence-electron chi connectivity index (χ1n) is 6.79. The number of hydrogen-bond donors (Lipinski definition) is 2. The lowest BCUT2D eigenvalue weighted by atomic mass is 9.85. The van der Waals surface area contributed by atoms with Gasteiger partial charge in [-0.3, -0.25) is 4.79 Å². The lowest BCUT2D eigenvalue weighted by molar-refractivity contribution is -0.129. The van der Waals surface area contributed by atoms with Crippen molar-refractivity contribution in [3.8, 4) is 0 Å². The van der Waals surface area contributed by atoms with E-state index in [2.05, 4.69) is 5.32 Å². The fourth-order valence-electron chi connectivity index (χ4n) is 2.58. The van der Waals surface area contributed by atoms with Gasteiger partial charge >= 0.3 is 0 Å². The summed E-state index contributed by atoms with van der Waals surface area (Å²) in [7, 11) is 1.87. The molecular formula is C13H24N2O2. The maximum atomic E-state index is 11.8. The molecule has 2 saturated carbocycles. The highest BCUT2D eigenvalue weighted by molar-refractivity contribution is 5.78. The molecule has 17 heavy (non-hydrogen) atoms. The van der Waals surface area contributed by atoms with Gasteiger partial charge in [-0.25, -0.2) is 0 Å². The second-order valence-electron chi connectivity index (χ2n) is 5.62. The third-order valence-electron chi connectivity index (χ3n) is 4.00. The topological polar surface area (TPSA) is 52.6 Å². The van der Waals surface area contributed by atoms with Crippen molar-refractivity contribution in [3.63, 3.8) is 0 Å². The first kappa shape index (κ1) is 12.8. The van der Waals surface area contributed by atoms with E-state index in [-0.39, 0.29) is 5.91 Å². The molecule has 4 nitrogen and oxygen atoms in total. The molecule has 0 atom stereocenters. The Morgan fingerprint density at radius 1 is 1.35 bits per heavy atom. The molecule has 0 aliphatic heterocycles. The highest BCUT2D eigenvalue weighted by atomic mass is 16.3. The Hall–Kier alpha value is -0.610. The number of hydrogen-bond acceptors (Lipinski definition) is 3. The summed E-state index contributed by atoms with van der Waals surface area (Å²) >= 11 is 0. The van der Waals surface area contributed by atoms with Gasteiger partial charge in [-0.05, 0) is 25.7 Å². The summed E-state index contributed by atoms with van der Waals surface area (Å²) < 4.78 is 0. The lowest BCUT2D eigenvalue weighted by Gasteiger charge is -2.32. The van der Waals surface area contributed by atoms with Crippen molar-refractivity contribution in [1.82, 2.24) is 10.2 Å². The molecular weight excluding hydrogens is 216 g/mol. The molecule has 0 saturated heterocycles. The molecule has 0 heterocycles. The van der Waals surface area contributed by atoms with Crippen LogP contribution in [0.25, 0.3) is 0 Å². The van der Waals surface area contributed by atoms with E-state index in [0.717, 1.165) is 38.5 Å². The number of nitrogens with zero attached hydrogens (tertiary/aromatic N) is 1. The Morgan fingerprint density at radius 2 is 2.00 bits per heavy atom. The standard InChI is InChI=1S/C13H24N2O2/c1-15(11-5-6-11)12(16)9-14-10-13(17)7-3-2-4-8-13/h11,14,17H,2-10H2,1H3.